The number of nitrogens with zero attached hydrogens (tertiary/aromatic N) is 1. The molecule has 1 fully saturated rings. The van der Waals surface area contributed by atoms with Gasteiger partial charge in [-0.25, -0.2) is 0 Å². The lowest BCUT2D eigenvalue weighted by atomic mass is 9.94. The number of hydrogen-bond donors (Lipinski definition) is 1. The van der Waals surface area contributed by atoms with Crippen molar-refractivity contribution < 1.29 is 4.74 Å². The van der Waals surface area contributed by atoms with Gasteiger partial charge in [0.2, 0.25) is 0 Å². The van der Waals surface area contributed by atoms with Gasteiger partial charge in [0.05, 0.1) is 6.10 Å². The van der Waals surface area contributed by atoms with Gasteiger partial charge in [-0.15, -0.1) is 0 Å². The lowest BCUT2D eigenvalue weighted by molar-refractivity contribution is 0.0498. The first-order chi connectivity index (χ1) is 8.65. The van der Waals surface area contributed by atoms with Crippen LogP contribution < -0.4 is 10.6 Å². The van der Waals surface area contributed by atoms with Gasteiger partial charge in [0.25, 0.3) is 0 Å². The number of piperidine rings is 1. The Morgan fingerprint density at radius 2 is 2.22 bits per heavy atom. The molecule has 1 aromatic rings. The second kappa shape index (κ2) is 5.72. The summed E-state index contributed by atoms with van der Waals surface area (Å²) in [6, 6.07) is 6.55. The fourth-order valence-corrected chi connectivity index (χ4v) is 2.75. The number of aryl methyl sites for hydroxylation is 1. The number of rotatable bonds is 3. The van der Waals surface area contributed by atoms with Crippen molar-refractivity contribution >= 4 is 5.69 Å². The molecule has 18 heavy (non-hydrogen) atoms. The van der Waals surface area contributed by atoms with Crippen LogP contribution >= 0.6 is 0 Å². The van der Waals surface area contributed by atoms with E-state index in [9.17, 15) is 0 Å². The Balaban J connectivity index is 2.21. The molecule has 1 aliphatic heterocycles. The third-order valence-electron chi connectivity index (χ3n) is 3.99. The molecule has 2 atom stereocenters. The molecule has 0 aromatic heterocycles. The number of benzene rings is 1. The molecule has 1 saturated heterocycles. The summed E-state index contributed by atoms with van der Waals surface area (Å²) in [5.41, 5.74) is 9.64. The summed E-state index contributed by atoms with van der Waals surface area (Å²) in [4.78, 5) is 2.41. The van der Waals surface area contributed by atoms with Gasteiger partial charge in [-0.1, -0.05) is 24.6 Å². The molecule has 2 unspecified atom stereocenters. The summed E-state index contributed by atoms with van der Waals surface area (Å²) in [6.07, 6.45) is 1.50. The van der Waals surface area contributed by atoms with Gasteiger partial charge in [-0.2, -0.15) is 0 Å². The van der Waals surface area contributed by atoms with Crippen molar-refractivity contribution in [2.75, 3.05) is 25.1 Å². The highest BCUT2D eigenvalue weighted by Crippen LogP contribution is 2.28. The van der Waals surface area contributed by atoms with Crippen molar-refractivity contribution in [3.8, 4) is 0 Å². The van der Waals surface area contributed by atoms with E-state index >= 15 is 0 Å². The van der Waals surface area contributed by atoms with Crippen LogP contribution in [0, 0.1) is 12.8 Å². The smallest absolute Gasteiger partial charge is 0.0772 e. The summed E-state index contributed by atoms with van der Waals surface area (Å²) in [6.45, 7) is 7.04. The summed E-state index contributed by atoms with van der Waals surface area (Å²) in [5.74, 6) is 0.637. The van der Waals surface area contributed by atoms with Crippen LogP contribution in [-0.2, 0) is 11.3 Å². The second-order valence-electron chi connectivity index (χ2n) is 5.32. The average molecular weight is 248 g/mol. The van der Waals surface area contributed by atoms with Crippen LogP contribution in [0.2, 0.25) is 0 Å². The number of nitrogens with two attached hydrogens (primary N) is 1. The first kappa shape index (κ1) is 13.4. The minimum atomic E-state index is 0.325. The Labute approximate surface area is 110 Å². The molecule has 0 amide bonds. The van der Waals surface area contributed by atoms with Crippen LogP contribution in [0.1, 0.15) is 24.5 Å². The third-order valence-corrected chi connectivity index (χ3v) is 3.99. The number of ether oxygens (including phenoxy) is 1. The van der Waals surface area contributed by atoms with E-state index in [2.05, 4.69) is 36.9 Å². The van der Waals surface area contributed by atoms with E-state index in [4.69, 9.17) is 10.5 Å². The van der Waals surface area contributed by atoms with Crippen molar-refractivity contribution in [1.82, 2.24) is 0 Å². The summed E-state index contributed by atoms with van der Waals surface area (Å²) in [7, 11) is 1.81. The van der Waals surface area contributed by atoms with Crippen molar-refractivity contribution in [2.45, 2.75) is 32.9 Å². The molecule has 0 saturated carbocycles. The molecule has 0 aliphatic carbocycles. The van der Waals surface area contributed by atoms with Crippen LogP contribution in [0.15, 0.2) is 18.2 Å². The van der Waals surface area contributed by atoms with Crippen LogP contribution in [0.4, 0.5) is 5.69 Å². The van der Waals surface area contributed by atoms with Crippen LogP contribution in [-0.4, -0.2) is 26.3 Å². The fraction of sp³-hybridized carbons (Fsp3) is 0.600. The predicted molar refractivity (Wildman–Crippen MR) is 75.9 cm³/mol. The predicted octanol–water partition coefficient (Wildman–Crippen LogP) is 2.31. The topological polar surface area (TPSA) is 38.5 Å². The average Bonchev–Trinajstić information content (AvgIpc) is 2.39. The lowest BCUT2D eigenvalue weighted by Gasteiger charge is -2.38. The highest BCUT2D eigenvalue weighted by molar-refractivity contribution is 5.55. The van der Waals surface area contributed by atoms with Crippen LogP contribution in [0.25, 0.3) is 0 Å². The molecule has 1 aromatic carbocycles. The van der Waals surface area contributed by atoms with E-state index in [0.29, 0.717) is 18.6 Å². The first-order valence-corrected chi connectivity index (χ1v) is 6.73. The van der Waals surface area contributed by atoms with Gasteiger partial charge < -0.3 is 15.4 Å². The standard InChI is InChI=1S/C15H24N2O/c1-11-4-5-14(13(8-11)9-16)17-7-6-12(2)15(10-17)18-3/h4-5,8,12,15H,6-7,9-10,16H2,1-3H3. The number of hydrogen-bond acceptors (Lipinski definition) is 3. The van der Waals surface area contributed by atoms with Gasteiger partial charge in [-0.05, 0) is 30.9 Å². The maximum Gasteiger partial charge on any atom is 0.0772 e. The Morgan fingerprint density at radius 1 is 1.44 bits per heavy atom. The van der Waals surface area contributed by atoms with Gasteiger partial charge in [0.15, 0.2) is 0 Å². The summed E-state index contributed by atoms with van der Waals surface area (Å²) >= 11 is 0. The molecule has 0 bridgehead atoms. The normalized spacial score (nSPS) is 24.3. The highest BCUT2D eigenvalue weighted by atomic mass is 16.5. The van der Waals surface area contributed by atoms with Crippen molar-refractivity contribution in [3.05, 3.63) is 29.3 Å². The van der Waals surface area contributed by atoms with Crippen LogP contribution in [0.5, 0.6) is 0 Å². The van der Waals surface area contributed by atoms with Gasteiger partial charge >= 0.3 is 0 Å². The van der Waals surface area contributed by atoms with Gasteiger partial charge in [0.1, 0.15) is 0 Å². The molecule has 2 N–H and O–H groups in total. The van der Waals surface area contributed by atoms with E-state index < -0.39 is 0 Å². The zero-order valence-electron chi connectivity index (χ0n) is 11.6. The quantitative estimate of drug-likeness (QED) is 0.892. The van der Waals surface area contributed by atoms with Crippen molar-refractivity contribution in [3.63, 3.8) is 0 Å². The largest absolute Gasteiger partial charge is 0.379 e. The monoisotopic (exact) mass is 248 g/mol. The number of methoxy groups -OCH3 is 1. The van der Waals surface area contributed by atoms with E-state index in [-0.39, 0.29) is 0 Å². The highest BCUT2D eigenvalue weighted by Gasteiger charge is 2.26. The fourth-order valence-electron chi connectivity index (χ4n) is 2.75. The molecule has 1 heterocycles. The first-order valence-electron chi connectivity index (χ1n) is 6.73. The molecular weight excluding hydrogens is 224 g/mol. The van der Waals surface area contributed by atoms with Crippen molar-refractivity contribution in [1.29, 1.82) is 0 Å². The maximum atomic E-state index is 5.86. The Kier molecular flexibility index (Phi) is 4.25. The molecule has 0 spiro atoms. The maximum absolute atomic E-state index is 5.86. The molecular formula is C15H24N2O. The lowest BCUT2D eigenvalue weighted by Crippen LogP contribution is -2.44. The van der Waals surface area contributed by atoms with E-state index in [1.807, 2.05) is 7.11 Å². The molecule has 3 nitrogen and oxygen atoms in total. The second-order valence-corrected chi connectivity index (χ2v) is 5.32. The van der Waals surface area contributed by atoms with E-state index in [1.54, 1.807) is 0 Å². The molecule has 2 rings (SSSR count). The molecule has 0 radical (unpaired) electrons. The molecule has 3 heteroatoms. The Hall–Kier alpha value is -1.06. The summed E-state index contributed by atoms with van der Waals surface area (Å²) < 4.78 is 5.58. The number of anilines is 1. The van der Waals surface area contributed by atoms with Gasteiger partial charge in [-0.3, -0.25) is 0 Å². The van der Waals surface area contributed by atoms with E-state index in [0.717, 1.165) is 13.1 Å². The van der Waals surface area contributed by atoms with Gasteiger partial charge in [0, 0.05) is 32.4 Å². The summed E-state index contributed by atoms with van der Waals surface area (Å²) in [5, 5.41) is 0. The zero-order chi connectivity index (χ0) is 13.1. The molecule has 1 aliphatic rings. The minimum Gasteiger partial charge on any atom is -0.379 e. The third kappa shape index (κ3) is 2.68. The SMILES string of the molecule is COC1CN(c2ccc(C)cc2CN)CCC1C. The minimum absolute atomic E-state index is 0.325. The Bertz CT molecular complexity index is 405. The van der Waals surface area contributed by atoms with Crippen molar-refractivity contribution in [2.24, 2.45) is 11.7 Å². The van der Waals surface area contributed by atoms with E-state index in [1.165, 1.54) is 23.2 Å². The van der Waals surface area contributed by atoms with Crippen LogP contribution in [0.3, 0.4) is 0 Å². The Morgan fingerprint density at radius 3 is 2.89 bits per heavy atom. The zero-order valence-corrected chi connectivity index (χ0v) is 11.6. The molecule has 100 valence electrons.